The van der Waals surface area contributed by atoms with Crippen molar-refractivity contribution in [1.82, 2.24) is 15.1 Å². The van der Waals surface area contributed by atoms with Crippen LogP contribution in [-0.4, -0.2) is 21.6 Å². The summed E-state index contributed by atoms with van der Waals surface area (Å²) >= 11 is 1.88. The van der Waals surface area contributed by atoms with Gasteiger partial charge in [-0.3, -0.25) is 4.68 Å². The predicted molar refractivity (Wildman–Crippen MR) is 90.7 cm³/mol. The Morgan fingerprint density at radius 2 is 2.00 bits per heavy atom. The van der Waals surface area contributed by atoms with Gasteiger partial charge in [-0.05, 0) is 31.5 Å². The molecule has 1 heterocycles. The van der Waals surface area contributed by atoms with Gasteiger partial charge in [0.15, 0.2) is 0 Å². The quantitative estimate of drug-likeness (QED) is 0.786. The van der Waals surface area contributed by atoms with Crippen LogP contribution in [0.4, 0.5) is 0 Å². The molecule has 4 heteroatoms. The number of hydrogen-bond acceptors (Lipinski definition) is 3. The molecule has 2 rings (SSSR count). The molecular formula is C17H25N3S. The second kappa shape index (κ2) is 7.66. The summed E-state index contributed by atoms with van der Waals surface area (Å²) in [5, 5.41) is 9.78. The molecule has 114 valence electrons. The summed E-state index contributed by atoms with van der Waals surface area (Å²) in [5.41, 5.74) is 2.43. The minimum Gasteiger partial charge on any atom is -0.309 e. The Hall–Kier alpha value is -1.26. The molecule has 0 amide bonds. The van der Waals surface area contributed by atoms with Gasteiger partial charge in [0.2, 0.25) is 0 Å². The highest BCUT2D eigenvalue weighted by atomic mass is 32.2. The van der Waals surface area contributed by atoms with Gasteiger partial charge in [0.05, 0.1) is 10.7 Å². The van der Waals surface area contributed by atoms with Crippen molar-refractivity contribution >= 4 is 11.8 Å². The Labute approximate surface area is 132 Å². The lowest BCUT2D eigenvalue weighted by atomic mass is 10.0. The van der Waals surface area contributed by atoms with Crippen LogP contribution in [0.5, 0.6) is 0 Å². The van der Waals surface area contributed by atoms with Crippen molar-refractivity contribution in [2.24, 2.45) is 7.05 Å². The van der Waals surface area contributed by atoms with Crippen LogP contribution in [0.15, 0.2) is 41.4 Å². The van der Waals surface area contributed by atoms with Gasteiger partial charge in [0, 0.05) is 18.3 Å². The molecule has 1 aromatic heterocycles. The molecule has 0 saturated carbocycles. The minimum absolute atomic E-state index is 0.353. The van der Waals surface area contributed by atoms with Crippen molar-refractivity contribution in [2.45, 2.75) is 43.5 Å². The number of hydrogen-bond donors (Lipinski definition) is 1. The van der Waals surface area contributed by atoms with E-state index in [9.17, 15) is 0 Å². The molecule has 0 aliphatic heterocycles. The average molecular weight is 303 g/mol. The van der Waals surface area contributed by atoms with Gasteiger partial charge in [-0.25, -0.2) is 0 Å². The maximum Gasteiger partial charge on any atom is 0.0942 e. The van der Waals surface area contributed by atoms with Gasteiger partial charge >= 0.3 is 0 Å². The third-order valence-corrected chi connectivity index (χ3v) is 4.78. The first-order valence-corrected chi connectivity index (χ1v) is 8.45. The molecule has 3 nitrogen and oxygen atoms in total. The average Bonchev–Trinajstić information content (AvgIpc) is 2.78. The fourth-order valence-corrected chi connectivity index (χ4v) is 3.67. The highest BCUT2D eigenvalue weighted by Crippen LogP contribution is 2.32. The normalized spacial score (nSPS) is 14.1. The van der Waals surface area contributed by atoms with Crippen LogP contribution in [0.2, 0.25) is 0 Å². The van der Waals surface area contributed by atoms with E-state index < -0.39 is 0 Å². The van der Waals surface area contributed by atoms with E-state index >= 15 is 0 Å². The van der Waals surface area contributed by atoms with Crippen LogP contribution in [-0.2, 0) is 7.05 Å². The molecular weight excluding hydrogens is 278 g/mol. The molecule has 0 radical (unpaired) electrons. The zero-order valence-corrected chi connectivity index (χ0v) is 14.2. The monoisotopic (exact) mass is 303 g/mol. The number of aromatic nitrogens is 2. The zero-order valence-electron chi connectivity index (χ0n) is 13.3. The molecule has 0 aliphatic rings. The Kier molecular flexibility index (Phi) is 5.88. The summed E-state index contributed by atoms with van der Waals surface area (Å²) in [6.45, 7) is 7.57. The number of nitrogens with zero attached hydrogens (tertiary/aromatic N) is 2. The van der Waals surface area contributed by atoms with E-state index in [0.29, 0.717) is 11.3 Å². The van der Waals surface area contributed by atoms with Crippen molar-refractivity contribution in [1.29, 1.82) is 0 Å². The molecule has 0 aliphatic carbocycles. The molecule has 2 aromatic rings. The largest absolute Gasteiger partial charge is 0.309 e. The third kappa shape index (κ3) is 4.35. The van der Waals surface area contributed by atoms with Crippen molar-refractivity contribution in [3.05, 3.63) is 47.7 Å². The first-order valence-electron chi connectivity index (χ1n) is 7.57. The van der Waals surface area contributed by atoms with Crippen molar-refractivity contribution in [3.8, 4) is 0 Å². The lowest BCUT2D eigenvalue weighted by molar-refractivity contribution is 0.526. The Morgan fingerprint density at radius 1 is 1.29 bits per heavy atom. The summed E-state index contributed by atoms with van der Waals surface area (Å²) in [6.07, 6.45) is 1.14. The van der Waals surface area contributed by atoms with Crippen LogP contribution in [0.25, 0.3) is 0 Å². The van der Waals surface area contributed by atoms with Crippen LogP contribution >= 0.6 is 11.8 Å². The summed E-state index contributed by atoms with van der Waals surface area (Å²) < 4.78 is 1.97. The molecule has 1 aromatic carbocycles. The van der Waals surface area contributed by atoms with Crippen molar-refractivity contribution in [2.75, 3.05) is 6.54 Å². The molecule has 0 spiro atoms. The first kappa shape index (κ1) is 16.1. The van der Waals surface area contributed by atoms with E-state index in [4.69, 9.17) is 0 Å². The fraction of sp³-hybridized carbons (Fsp3) is 0.471. The summed E-state index contributed by atoms with van der Waals surface area (Å²) in [5.74, 6) is 0. The molecule has 0 saturated heterocycles. The van der Waals surface area contributed by atoms with E-state index in [1.54, 1.807) is 0 Å². The van der Waals surface area contributed by atoms with Crippen molar-refractivity contribution < 1.29 is 0 Å². The van der Waals surface area contributed by atoms with Gasteiger partial charge in [0.25, 0.3) is 0 Å². The Balaban J connectivity index is 2.14. The number of benzene rings is 1. The molecule has 2 unspecified atom stereocenters. The number of thioether (sulfide) groups is 1. The maximum atomic E-state index is 4.43. The molecule has 1 N–H and O–H groups in total. The molecule has 0 fully saturated rings. The van der Waals surface area contributed by atoms with E-state index in [-0.39, 0.29) is 0 Å². The van der Waals surface area contributed by atoms with Crippen LogP contribution in [0.3, 0.4) is 0 Å². The topological polar surface area (TPSA) is 29.9 Å². The molecule has 21 heavy (non-hydrogen) atoms. The van der Waals surface area contributed by atoms with Crippen molar-refractivity contribution in [3.63, 3.8) is 0 Å². The SMILES string of the molecule is CCCNC(c1ccccc1)C(C)Sc1cc(C)nn1C. The zero-order chi connectivity index (χ0) is 15.2. The first-order chi connectivity index (χ1) is 10.1. The van der Waals surface area contributed by atoms with E-state index in [1.807, 2.05) is 30.4 Å². The Bertz CT molecular complexity index is 550. The van der Waals surface area contributed by atoms with E-state index in [2.05, 4.69) is 60.7 Å². The smallest absolute Gasteiger partial charge is 0.0942 e. The van der Waals surface area contributed by atoms with E-state index in [0.717, 1.165) is 18.7 Å². The highest BCUT2D eigenvalue weighted by molar-refractivity contribution is 7.99. The van der Waals surface area contributed by atoms with Gasteiger partial charge in [-0.1, -0.05) is 44.2 Å². The van der Waals surface area contributed by atoms with Gasteiger partial charge in [-0.2, -0.15) is 5.10 Å². The maximum absolute atomic E-state index is 4.43. The highest BCUT2D eigenvalue weighted by Gasteiger charge is 2.20. The van der Waals surface area contributed by atoms with Gasteiger partial charge < -0.3 is 5.32 Å². The van der Waals surface area contributed by atoms with Crippen LogP contribution in [0.1, 0.15) is 37.6 Å². The van der Waals surface area contributed by atoms with Gasteiger partial charge in [-0.15, -0.1) is 11.8 Å². The van der Waals surface area contributed by atoms with Crippen LogP contribution in [0, 0.1) is 6.92 Å². The fourth-order valence-electron chi connectivity index (χ4n) is 2.47. The second-order valence-corrected chi connectivity index (χ2v) is 6.81. The number of rotatable bonds is 7. The lowest BCUT2D eigenvalue weighted by Crippen LogP contribution is -2.29. The van der Waals surface area contributed by atoms with Gasteiger partial charge in [0.1, 0.15) is 0 Å². The number of nitrogens with one attached hydrogen (secondary N) is 1. The lowest BCUT2D eigenvalue weighted by Gasteiger charge is -2.25. The van der Waals surface area contributed by atoms with E-state index in [1.165, 1.54) is 10.6 Å². The number of aryl methyl sites for hydroxylation is 2. The molecule has 2 atom stereocenters. The summed E-state index contributed by atoms with van der Waals surface area (Å²) in [7, 11) is 2.01. The standard InChI is InChI=1S/C17H25N3S/c1-5-11-18-17(15-9-7-6-8-10-15)14(3)21-16-12-13(2)19-20(16)4/h6-10,12,14,17-18H,5,11H2,1-4H3. The van der Waals surface area contributed by atoms with Crippen LogP contribution < -0.4 is 5.32 Å². The summed E-state index contributed by atoms with van der Waals surface area (Å²) in [6, 6.07) is 13.2. The minimum atomic E-state index is 0.353. The predicted octanol–water partition coefficient (Wildman–Crippen LogP) is 3.95. The third-order valence-electron chi connectivity index (χ3n) is 3.51. The summed E-state index contributed by atoms with van der Waals surface area (Å²) in [4.78, 5) is 0. The second-order valence-electron chi connectivity index (χ2n) is 5.41. The Morgan fingerprint density at radius 3 is 2.57 bits per heavy atom. The molecule has 0 bridgehead atoms.